The largest absolute Gasteiger partial charge is 0.493 e. The van der Waals surface area contributed by atoms with E-state index in [1.165, 1.54) is 0 Å². The van der Waals surface area contributed by atoms with Crippen LogP contribution in [0.5, 0.6) is 11.5 Å². The van der Waals surface area contributed by atoms with Gasteiger partial charge in [-0.2, -0.15) is 0 Å². The van der Waals surface area contributed by atoms with E-state index in [1.54, 1.807) is 19.1 Å². The first-order valence-electron chi connectivity index (χ1n) is 9.77. The maximum Gasteiger partial charge on any atom is 0.322 e. The van der Waals surface area contributed by atoms with Crippen LogP contribution in [0.3, 0.4) is 0 Å². The highest BCUT2D eigenvalue weighted by Gasteiger charge is 2.39. The minimum atomic E-state index is -0.280. The number of carbonyl (C=O) groups excluding carboxylic acids is 2. The van der Waals surface area contributed by atoms with Crippen LogP contribution in [0.15, 0.2) is 34.8 Å². The Labute approximate surface area is 184 Å². The van der Waals surface area contributed by atoms with Crippen molar-refractivity contribution >= 4 is 33.6 Å². The van der Waals surface area contributed by atoms with Crippen molar-refractivity contribution in [1.82, 2.24) is 9.80 Å². The first-order chi connectivity index (χ1) is 14.4. The molecule has 3 amide bonds. The van der Waals surface area contributed by atoms with Crippen molar-refractivity contribution in [2.24, 2.45) is 0 Å². The molecule has 0 aromatic heterocycles. The number of nitrogens with one attached hydrogen (secondary N) is 1. The average Bonchev–Trinajstić information content (AvgIpc) is 2.74. The lowest BCUT2D eigenvalue weighted by molar-refractivity contribution is -0.139. The van der Waals surface area contributed by atoms with Gasteiger partial charge in [0.25, 0.3) is 0 Å². The summed E-state index contributed by atoms with van der Waals surface area (Å²) in [7, 11) is 3.20. The Kier molecular flexibility index (Phi) is 5.60. The zero-order chi connectivity index (χ0) is 21.4. The summed E-state index contributed by atoms with van der Waals surface area (Å²) < 4.78 is 11.9. The lowest BCUT2D eigenvalue weighted by atomic mass is 9.90. The molecule has 8 heteroatoms. The third-order valence-corrected chi connectivity index (χ3v) is 6.63. The van der Waals surface area contributed by atoms with Gasteiger partial charge in [-0.05, 0) is 60.4 Å². The second-order valence-electron chi connectivity index (χ2n) is 7.53. The van der Waals surface area contributed by atoms with E-state index in [1.807, 2.05) is 42.2 Å². The summed E-state index contributed by atoms with van der Waals surface area (Å²) in [5.74, 6) is 1.25. The minimum Gasteiger partial charge on any atom is -0.493 e. The number of benzene rings is 2. The highest BCUT2D eigenvalue weighted by Crippen LogP contribution is 2.39. The number of amides is 3. The maximum absolute atomic E-state index is 12.9. The third kappa shape index (κ3) is 3.71. The van der Waals surface area contributed by atoms with Crippen molar-refractivity contribution in [1.29, 1.82) is 0 Å². The minimum absolute atomic E-state index is 0.0474. The Morgan fingerprint density at radius 3 is 2.60 bits per heavy atom. The van der Waals surface area contributed by atoms with Gasteiger partial charge in [-0.1, -0.05) is 15.9 Å². The third-order valence-electron chi connectivity index (χ3n) is 5.74. The Morgan fingerprint density at radius 2 is 1.90 bits per heavy atom. The number of anilines is 1. The van der Waals surface area contributed by atoms with E-state index in [4.69, 9.17) is 9.47 Å². The van der Waals surface area contributed by atoms with Crippen molar-refractivity contribution < 1.29 is 19.1 Å². The maximum atomic E-state index is 12.9. The molecule has 1 unspecified atom stereocenters. The second-order valence-corrected chi connectivity index (χ2v) is 8.39. The molecule has 1 atom stereocenters. The van der Waals surface area contributed by atoms with Gasteiger partial charge in [0.2, 0.25) is 5.91 Å². The number of hydrogen-bond donors (Lipinski definition) is 1. The molecular formula is C22H24BrN3O4. The molecule has 0 radical (unpaired) electrons. The summed E-state index contributed by atoms with van der Waals surface area (Å²) in [5.41, 5.74) is 3.85. The van der Waals surface area contributed by atoms with Gasteiger partial charge in [-0.3, -0.25) is 4.79 Å². The van der Waals surface area contributed by atoms with E-state index < -0.39 is 0 Å². The summed E-state index contributed by atoms with van der Waals surface area (Å²) in [6.07, 6.45) is 0.752. The predicted octanol–water partition coefficient (Wildman–Crippen LogP) is 3.75. The van der Waals surface area contributed by atoms with E-state index in [0.29, 0.717) is 30.3 Å². The molecule has 2 aliphatic rings. The van der Waals surface area contributed by atoms with Gasteiger partial charge < -0.3 is 24.6 Å². The number of piperazine rings is 1. The summed E-state index contributed by atoms with van der Waals surface area (Å²) in [6.45, 7) is 3.09. The number of rotatable bonds is 3. The van der Waals surface area contributed by atoms with E-state index in [9.17, 15) is 9.59 Å². The topological polar surface area (TPSA) is 71.1 Å². The van der Waals surface area contributed by atoms with Crippen LogP contribution in [0.4, 0.5) is 10.5 Å². The molecule has 0 saturated carbocycles. The smallest absolute Gasteiger partial charge is 0.322 e. The number of nitrogens with zero attached hydrogens (tertiary/aromatic N) is 2. The molecular weight excluding hydrogens is 450 g/mol. The number of hydrogen-bond acceptors (Lipinski definition) is 4. The SMILES string of the molecule is COc1cc2c(cc1OC)C1CN(C(=O)Nc3ccc(Br)c(C)c3)CC(=O)N1CC2. The quantitative estimate of drug-likeness (QED) is 0.736. The van der Waals surface area contributed by atoms with Crippen LogP contribution in [-0.2, 0) is 11.2 Å². The predicted molar refractivity (Wildman–Crippen MR) is 117 cm³/mol. The van der Waals surface area contributed by atoms with Gasteiger partial charge in [0.15, 0.2) is 11.5 Å². The number of halogens is 1. The number of carbonyl (C=O) groups is 2. The molecule has 2 aromatic rings. The number of aryl methyl sites for hydroxylation is 1. The Morgan fingerprint density at radius 1 is 1.17 bits per heavy atom. The molecule has 30 heavy (non-hydrogen) atoms. The lowest BCUT2D eigenvalue weighted by Gasteiger charge is -2.44. The highest BCUT2D eigenvalue weighted by molar-refractivity contribution is 9.10. The van der Waals surface area contributed by atoms with Gasteiger partial charge in [-0.25, -0.2) is 4.79 Å². The second kappa shape index (κ2) is 8.18. The molecule has 1 saturated heterocycles. The van der Waals surface area contributed by atoms with Gasteiger partial charge in [0.1, 0.15) is 6.54 Å². The molecule has 0 aliphatic carbocycles. The number of methoxy groups -OCH3 is 2. The van der Waals surface area contributed by atoms with E-state index in [2.05, 4.69) is 21.2 Å². The van der Waals surface area contributed by atoms with E-state index in [0.717, 1.165) is 27.6 Å². The zero-order valence-electron chi connectivity index (χ0n) is 17.2. The summed E-state index contributed by atoms with van der Waals surface area (Å²) in [5, 5.41) is 2.91. The van der Waals surface area contributed by atoms with Gasteiger partial charge in [-0.15, -0.1) is 0 Å². The molecule has 2 aromatic carbocycles. The molecule has 158 valence electrons. The number of ether oxygens (including phenoxy) is 2. The number of fused-ring (bicyclic) bond motifs is 3. The van der Waals surface area contributed by atoms with E-state index in [-0.39, 0.29) is 24.5 Å². The fourth-order valence-corrected chi connectivity index (χ4v) is 4.38. The standard InChI is InChI=1S/C22H24BrN3O4/c1-13-8-15(4-5-17(13)23)24-22(28)25-11-18-16-10-20(30-3)19(29-2)9-14(16)6-7-26(18)21(27)12-25/h4-5,8-10,18H,6-7,11-12H2,1-3H3,(H,24,28). The van der Waals surface area contributed by atoms with Crippen molar-refractivity contribution in [2.45, 2.75) is 19.4 Å². The molecule has 7 nitrogen and oxygen atoms in total. The van der Waals surface area contributed by atoms with Crippen LogP contribution in [-0.4, -0.2) is 55.6 Å². The lowest BCUT2D eigenvalue weighted by Crippen LogP contribution is -2.56. The first-order valence-corrected chi connectivity index (χ1v) is 10.6. The molecule has 1 fully saturated rings. The van der Waals surface area contributed by atoms with Crippen molar-refractivity contribution in [3.05, 3.63) is 51.5 Å². The van der Waals surface area contributed by atoms with Gasteiger partial charge in [0.05, 0.1) is 20.3 Å². The molecule has 2 aliphatic heterocycles. The highest BCUT2D eigenvalue weighted by atomic mass is 79.9. The first kappa shape index (κ1) is 20.5. The normalized spacial score (nSPS) is 17.9. The molecule has 2 heterocycles. The molecule has 4 rings (SSSR count). The van der Waals surface area contributed by atoms with Gasteiger partial charge >= 0.3 is 6.03 Å². The average molecular weight is 474 g/mol. The summed E-state index contributed by atoms with van der Waals surface area (Å²) >= 11 is 3.46. The number of urea groups is 1. The van der Waals surface area contributed by atoms with Crippen LogP contribution in [0.25, 0.3) is 0 Å². The molecule has 0 spiro atoms. The summed E-state index contributed by atoms with van der Waals surface area (Å²) in [4.78, 5) is 29.2. The van der Waals surface area contributed by atoms with Crippen LogP contribution < -0.4 is 14.8 Å². The Hall–Kier alpha value is -2.74. The van der Waals surface area contributed by atoms with Crippen LogP contribution in [0, 0.1) is 6.92 Å². The fourth-order valence-electron chi connectivity index (χ4n) is 4.13. The van der Waals surface area contributed by atoms with Crippen LogP contribution in [0.1, 0.15) is 22.7 Å². The molecule has 1 N–H and O–H groups in total. The van der Waals surface area contributed by atoms with Crippen LogP contribution >= 0.6 is 15.9 Å². The molecule has 0 bridgehead atoms. The monoisotopic (exact) mass is 473 g/mol. The van der Waals surface area contributed by atoms with Crippen molar-refractivity contribution in [3.8, 4) is 11.5 Å². The van der Waals surface area contributed by atoms with Crippen molar-refractivity contribution in [3.63, 3.8) is 0 Å². The van der Waals surface area contributed by atoms with E-state index >= 15 is 0 Å². The van der Waals surface area contributed by atoms with Crippen molar-refractivity contribution in [2.75, 3.05) is 39.2 Å². The van der Waals surface area contributed by atoms with Gasteiger partial charge in [0, 0.05) is 23.2 Å². The summed E-state index contributed by atoms with van der Waals surface area (Å²) in [6, 6.07) is 9.04. The zero-order valence-corrected chi connectivity index (χ0v) is 18.8. The fraction of sp³-hybridized carbons (Fsp3) is 0.364. The Bertz CT molecular complexity index is 1010. The van der Waals surface area contributed by atoms with Crippen LogP contribution in [0.2, 0.25) is 0 Å². The Balaban J connectivity index is 1.59.